The Bertz CT molecular complexity index is 796. The molecule has 2 saturated heterocycles. The molecule has 0 aliphatic carbocycles. The van der Waals surface area contributed by atoms with E-state index in [0.717, 1.165) is 5.69 Å². The molecular formula is C16H24N4O5S. The van der Waals surface area contributed by atoms with Gasteiger partial charge >= 0.3 is 6.09 Å². The van der Waals surface area contributed by atoms with Crippen LogP contribution in [0.4, 0.5) is 4.79 Å². The van der Waals surface area contributed by atoms with E-state index in [2.05, 4.69) is 5.10 Å². The number of amides is 2. The molecule has 1 atom stereocenters. The quantitative estimate of drug-likeness (QED) is 0.751. The Morgan fingerprint density at radius 3 is 2.46 bits per heavy atom. The molecule has 0 spiro atoms. The van der Waals surface area contributed by atoms with E-state index >= 15 is 0 Å². The van der Waals surface area contributed by atoms with Crippen LogP contribution in [0, 0.1) is 6.92 Å². The average molecular weight is 384 g/mol. The van der Waals surface area contributed by atoms with Crippen molar-refractivity contribution in [2.45, 2.75) is 26.3 Å². The molecule has 1 unspecified atom stereocenters. The third-order valence-electron chi connectivity index (χ3n) is 4.79. The molecule has 0 saturated carbocycles. The SMILES string of the molecule is CCOC(=O)N1CCN(C(=O)c2cc(C)n(C3CCS(=O)(=O)C3)n2)CC1. The van der Waals surface area contributed by atoms with Gasteiger partial charge in [0.25, 0.3) is 5.91 Å². The zero-order chi connectivity index (χ0) is 18.9. The summed E-state index contributed by atoms with van der Waals surface area (Å²) in [5, 5.41) is 4.37. The van der Waals surface area contributed by atoms with Crippen LogP contribution in [0.3, 0.4) is 0 Å². The highest BCUT2D eigenvalue weighted by Gasteiger charge is 2.32. The third kappa shape index (κ3) is 3.84. The van der Waals surface area contributed by atoms with Crippen LogP contribution >= 0.6 is 0 Å². The Hall–Kier alpha value is -2.10. The maximum absolute atomic E-state index is 12.7. The standard InChI is InChI=1S/C16H24N4O5S/c1-3-25-16(22)19-7-5-18(6-8-19)15(21)14-10-12(2)20(17-14)13-4-9-26(23,24)11-13/h10,13H,3-9,11H2,1-2H3. The molecule has 2 aliphatic heterocycles. The van der Waals surface area contributed by atoms with Gasteiger partial charge in [-0.1, -0.05) is 0 Å². The molecule has 1 aromatic heterocycles. The highest BCUT2D eigenvalue weighted by molar-refractivity contribution is 7.91. The van der Waals surface area contributed by atoms with E-state index in [-0.39, 0.29) is 29.5 Å². The summed E-state index contributed by atoms with van der Waals surface area (Å²) in [6.45, 7) is 5.59. The summed E-state index contributed by atoms with van der Waals surface area (Å²) >= 11 is 0. The molecule has 0 radical (unpaired) electrons. The van der Waals surface area contributed by atoms with Crippen LogP contribution in [0.25, 0.3) is 0 Å². The monoisotopic (exact) mass is 384 g/mol. The van der Waals surface area contributed by atoms with Gasteiger partial charge in [-0.3, -0.25) is 9.48 Å². The lowest BCUT2D eigenvalue weighted by Crippen LogP contribution is -2.50. The molecule has 2 fully saturated rings. The number of rotatable bonds is 3. The summed E-state index contributed by atoms with van der Waals surface area (Å²) in [6.07, 6.45) is 0.165. The minimum absolute atomic E-state index is 0.0708. The first kappa shape index (κ1) is 18.7. The minimum Gasteiger partial charge on any atom is -0.450 e. The summed E-state index contributed by atoms with van der Waals surface area (Å²) < 4.78 is 30.0. The fraction of sp³-hybridized carbons (Fsp3) is 0.688. The van der Waals surface area contributed by atoms with E-state index in [1.165, 1.54) is 0 Å². The first-order chi connectivity index (χ1) is 12.3. The van der Waals surface area contributed by atoms with Crippen LogP contribution in [-0.4, -0.2) is 84.3 Å². The molecular weight excluding hydrogens is 360 g/mol. The van der Waals surface area contributed by atoms with Crippen LogP contribution < -0.4 is 0 Å². The molecule has 0 aromatic carbocycles. The van der Waals surface area contributed by atoms with Crippen molar-refractivity contribution in [2.75, 3.05) is 44.3 Å². The number of carbonyl (C=O) groups is 2. The van der Waals surface area contributed by atoms with E-state index in [9.17, 15) is 18.0 Å². The Morgan fingerprint density at radius 1 is 1.23 bits per heavy atom. The summed E-state index contributed by atoms with van der Waals surface area (Å²) in [5.41, 5.74) is 1.09. The largest absolute Gasteiger partial charge is 0.450 e. The average Bonchev–Trinajstić information content (AvgIpc) is 3.16. The molecule has 26 heavy (non-hydrogen) atoms. The van der Waals surface area contributed by atoms with Crippen LogP contribution in [0.15, 0.2) is 6.07 Å². The number of nitrogens with zero attached hydrogens (tertiary/aromatic N) is 4. The van der Waals surface area contributed by atoms with Gasteiger partial charge in [0.2, 0.25) is 0 Å². The van der Waals surface area contributed by atoms with Gasteiger partial charge < -0.3 is 14.5 Å². The van der Waals surface area contributed by atoms with Gasteiger partial charge in [0, 0.05) is 31.9 Å². The van der Waals surface area contributed by atoms with Crippen molar-refractivity contribution in [1.82, 2.24) is 19.6 Å². The summed E-state index contributed by atoms with van der Waals surface area (Å²) in [5.74, 6) is 0.0356. The molecule has 2 aliphatic rings. The van der Waals surface area contributed by atoms with Crippen molar-refractivity contribution in [3.8, 4) is 0 Å². The second-order valence-electron chi connectivity index (χ2n) is 6.65. The summed E-state index contributed by atoms with van der Waals surface area (Å²) in [7, 11) is -3.02. The number of hydrogen-bond acceptors (Lipinski definition) is 6. The highest BCUT2D eigenvalue weighted by atomic mass is 32.2. The Morgan fingerprint density at radius 2 is 1.88 bits per heavy atom. The number of carbonyl (C=O) groups excluding carboxylic acids is 2. The van der Waals surface area contributed by atoms with Crippen LogP contribution in [-0.2, 0) is 14.6 Å². The number of hydrogen-bond donors (Lipinski definition) is 0. The van der Waals surface area contributed by atoms with Crippen molar-refractivity contribution < 1.29 is 22.7 Å². The number of aromatic nitrogens is 2. The van der Waals surface area contributed by atoms with Gasteiger partial charge in [0.1, 0.15) is 0 Å². The molecule has 144 valence electrons. The van der Waals surface area contributed by atoms with Crippen molar-refractivity contribution in [3.63, 3.8) is 0 Å². The van der Waals surface area contributed by atoms with E-state index in [4.69, 9.17) is 4.74 Å². The van der Waals surface area contributed by atoms with Gasteiger partial charge in [-0.05, 0) is 26.3 Å². The smallest absolute Gasteiger partial charge is 0.409 e. The zero-order valence-electron chi connectivity index (χ0n) is 15.0. The Balaban J connectivity index is 1.64. The van der Waals surface area contributed by atoms with Crippen LogP contribution in [0.5, 0.6) is 0 Å². The molecule has 3 heterocycles. The zero-order valence-corrected chi connectivity index (χ0v) is 15.9. The molecule has 3 rings (SSSR count). The first-order valence-corrected chi connectivity index (χ1v) is 10.6. The second-order valence-corrected chi connectivity index (χ2v) is 8.88. The number of ether oxygens (including phenoxy) is 1. The van der Waals surface area contributed by atoms with Gasteiger partial charge in [-0.15, -0.1) is 0 Å². The molecule has 1 aromatic rings. The van der Waals surface area contributed by atoms with E-state index in [0.29, 0.717) is 44.9 Å². The number of piperazine rings is 1. The predicted molar refractivity (Wildman–Crippen MR) is 93.8 cm³/mol. The topological polar surface area (TPSA) is 102 Å². The van der Waals surface area contributed by atoms with Crippen molar-refractivity contribution >= 4 is 21.8 Å². The minimum atomic E-state index is -3.02. The maximum Gasteiger partial charge on any atom is 0.409 e. The predicted octanol–water partition coefficient (Wildman–Crippen LogP) is 0.465. The molecule has 10 heteroatoms. The van der Waals surface area contributed by atoms with Gasteiger partial charge in [0.15, 0.2) is 15.5 Å². The van der Waals surface area contributed by atoms with Crippen molar-refractivity contribution in [1.29, 1.82) is 0 Å². The summed E-state index contributed by atoms with van der Waals surface area (Å²) in [6, 6.07) is 1.49. The van der Waals surface area contributed by atoms with E-state index < -0.39 is 9.84 Å². The highest BCUT2D eigenvalue weighted by Crippen LogP contribution is 2.25. The lowest BCUT2D eigenvalue weighted by atomic mass is 10.2. The fourth-order valence-corrected chi connectivity index (χ4v) is 5.09. The van der Waals surface area contributed by atoms with Gasteiger partial charge in [0.05, 0.1) is 24.2 Å². The lowest BCUT2D eigenvalue weighted by molar-refractivity contribution is 0.0565. The normalized spacial score (nSPS) is 22.5. The number of aryl methyl sites for hydroxylation is 1. The number of sulfone groups is 1. The second kappa shape index (κ2) is 7.26. The molecule has 9 nitrogen and oxygen atoms in total. The summed E-state index contributed by atoms with van der Waals surface area (Å²) in [4.78, 5) is 27.7. The molecule has 2 amide bonds. The lowest BCUT2D eigenvalue weighted by Gasteiger charge is -2.33. The van der Waals surface area contributed by atoms with E-state index in [1.807, 2.05) is 6.92 Å². The third-order valence-corrected chi connectivity index (χ3v) is 6.54. The van der Waals surface area contributed by atoms with Crippen molar-refractivity contribution in [2.24, 2.45) is 0 Å². The van der Waals surface area contributed by atoms with Gasteiger partial charge in [-0.2, -0.15) is 5.10 Å². The molecule has 0 N–H and O–H groups in total. The van der Waals surface area contributed by atoms with Gasteiger partial charge in [-0.25, -0.2) is 13.2 Å². The Labute approximate surface area is 152 Å². The molecule has 0 bridgehead atoms. The van der Waals surface area contributed by atoms with Crippen LogP contribution in [0.1, 0.15) is 35.6 Å². The first-order valence-electron chi connectivity index (χ1n) is 8.78. The maximum atomic E-state index is 12.7. The Kier molecular flexibility index (Phi) is 5.22. The van der Waals surface area contributed by atoms with Crippen molar-refractivity contribution in [3.05, 3.63) is 17.5 Å². The fourth-order valence-electron chi connectivity index (χ4n) is 3.40. The van der Waals surface area contributed by atoms with E-state index in [1.54, 1.807) is 27.5 Å². The van der Waals surface area contributed by atoms with Crippen LogP contribution in [0.2, 0.25) is 0 Å².